The summed E-state index contributed by atoms with van der Waals surface area (Å²) in [6.45, 7) is 0.238. The second-order valence-corrected chi connectivity index (χ2v) is 3.66. The zero-order valence-electron chi connectivity index (χ0n) is 7.52. The summed E-state index contributed by atoms with van der Waals surface area (Å²) in [7, 11) is 1.65. The number of nitrogens with one attached hydrogen (secondary N) is 1. The maximum atomic E-state index is 13.0. The highest BCUT2D eigenvalue weighted by atomic mass is 79.9. The third-order valence-electron chi connectivity index (χ3n) is 1.78. The van der Waals surface area contributed by atoms with E-state index in [2.05, 4.69) is 21.2 Å². The molecule has 2 nitrogen and oxygen atoms in total. The minimum absolute atomic E-state index is 0.0988. The van der Waals surface area contributed by atoms with Crippen LogP contribution in [-0.2, 0) is 0 Å². The molecule has 0 aliphatic carbocycles. The number of benzene rings is 1. The molecular weight excluding hydrogens is 256 g/mol. The molecular formula is C9H10BrF2NO. The Morgan fingerprint density at radius 2 is 2.14 bits per heavy atom. The van der Waals surface area contributed by atoms with E-state index in [1.807, 2.05) is 0 Å². The average molecular weight is 266 g/mol. The lowest BCUT2D eigenvalue weighted by atomic mass is 10.1. The van der Waals surface area contributed by atoms with Crippen molar-refractivity contribution in [1.82, 2.24) is 5.32 Å². The number of likely N-dealkylation sites (N-methyl/N-ethyl adjacent to an activating group) is 1. The summed E-state index contributed by atoms with van der Waals surface area (Å²) < 4.78 is 25.9. The Kier molecular flexibility index (Phi) is 3.97. The lowest BCUT2D eigenvalue weighted by Gasteiger charge is -2.12. The van der Waals surface area contributed by atoms with E-state index in [9.17, 15) is 13.9 Å². The SMILES string of the molecule is CNCC(O)c1cc(F)cc(F)c1Br. The Morgan fingerprint density at radius 3 is 2.71 bits per heavy atom. The molecule has 1 unspecified atom stereocenters. The van der Waals surface area contributed by atoms with Gasteiger partial charge in [0.2, 0.25) is 0 Å². The minimum atomic E-state index is -0.931. The summed E-state index contributed by atoms with van der Waals surface area (Å²) in [5.74, 6) is -1.41. The number of aliphatic hydroxyl groups excluding tert-OH is 1. The lowest BCUT2D eigenvalue weighted by molar-refractivity contribution is 0.176. The largest absolute Gasteiger partial charge is 0.387 e. The molecule has 0 spiro atoms. The van der Waals surface area contributed by atoms with Gasteiger partial charge in [-0.05, 0) is 29.0 Å². The molecule has 1 atom stereocenters. The quantitative estimate of drug-likeness (QED) is 0.820. The van der Waals surface area contributed by atoms with Crippen LogP contribution in [0.1, 0.15) is 11.7 Å². The van der Waals surface area contributed by atoms with Crippen molar-refractivity contribution < 1.29 is 13.9 Å². The van der Waals surface area contributed by atoms with Crippen molar-refractivity contribution in [1.29, 1.82) is 0 Å². The maximum Gasteiger partial charge on any atom is 0.140 e. The number of aliphatic hydroxyl groups is 1. The standard InChI is InChI=1S/C9H10BrF2NO/c1-13-4-8(14)6-2-5(11)3-7(12)9(6)10/h2-3,8,13-14H,4H2,1H3. The van der Waals surface area contributed by atoms with Gasteiger partial charge in [-0.25, -0.2) is 8.78 Å². The van der Waals surface area contributed by atoms with E-state index in [1.54, 1.807) is 7.05 Å². The third kappa shape index (κ3) is 2.50. The van der Waals surface area contributed by atoms with Gasteiger partial charge in [-0.2, -0.15) is 0 Å². The highest BCUT2D eigenvalue weighted by molar-refractivity contribution is 9.10. The number of hydrogen-bond donors (Lipinski definition) is 2. The van der Waals surface area contributed by atoms with Gasteiger partial charge < -0.3 is 10.4 Å². The fourth-order valence-electron chi connectivity index (χ4n) is 1.12. The van der Waals surface area contributed by atoms with Crippen LogP contribution in [-0.4, -0.2) is 18.7 Å². The second-order valence-electron chi connectivity index (χ2n) is 2.86. The Labute approximate surface area is 89.1 Å². The zero-order chi connectivity index (χ0) is 10.7. The number of halogens is 3. The average Bonchev–Trinajstić information content (AvgIpc) is 2.11. The number of hydrogen-bond acceptors (Lipinski definition) is 2. The van der Waals surface area contributed by atoms with Crippen LogP contribution in [0.25, 0.3) is 0 Å². The van der Waals surface area contributed by atoms with Crippen LogP contribution < -0.4 is 5.32 Å². The van der Waals surface area contributed by atoms with Crippen LogP contribution in [0, 0.1) is 11.6 Å². The molecule has 2 N–H and O–H groups in total. The van der Waals surface area contributed by atoms with Gasteiger partial charge in [0.1, 0.15) is 11.6 Å². The smallest absolute Gasteiger partial charge is 0.140 e. The van der Waals surface area contributed by atoms with E-state index in [0.29, 0.717) is 0 Å². The first-order valence-electron chi connectivity index (χ1n) is 4.03. The van der Waals surface area contributed by atoms with Crippen molar-refractivity contribution in [3.05, 3.63) is 33.8 Å². The molecule has 78 valence electrons. The predicted octanol–water partition coefficient (Wildman–Crippen LogP) is 1.98. The van der Waals surface area contributed by atoms with E-state index in [-0.39, 0.29) is 16.6 Å². The van der Waals surface area contributed by atoms with Crippen LogP contribution in [0.15, 0.2) is 16.6 Å². The van der Waals surface area contributed by atoms with E-state index >= 15 is 0 Å². The van der Waals surface area contributed by atoms with Gasteiger partial charge in [0.05, 0.1) is 10.6 Å². The molecule has 0 bridgehead atoms. The Morgan fingerprint density at radius 1 is 1.50 bits per heavy atom. The van der Waals surface area contributed by atoms with Gasteiger partial charge in [0.15, 0.2) is 0 Å². The van der Waals surface area contributed by atoms with Gasteiger partial charge in [0.25, 0.3) is 0 Å². The Bertz CT molecular complexity index is 333. The van der Waals surface area contributed by atoms with Gasteiger partial charge in [0, 0.05) is 18.2 Å². The molecule has 0 aromatic heterocycles. The molecule has 0 radical (unpaired) electrons. The van der Waals surface area contributed by atoms with Gasteiger partial charge in [-0.1, -0.05) is 0 Å². The topological polar surface area (TPSA) is 32.3 Å². The Hall–Kier alpha value is -0.520. The van der Waals surface area contributed by atoms with Gasteiger partial charge in [-0.15, -0.1) is 0 Å². The molecule has 0 aliphatic heterocycles. The molecule has 0 heterocycles. The molecule has 14 heavy (non-hydrogen) atoms. The molecule has 1 rings (SSSR count). The first kappa shape index (κ1) is 11.6. The van der Waals surface area contributed by atoms with E-state index in [0.717, 1.165) is 12.1 Å². The van der Waals surface area contributed by atoms with Crippen LogP contribution in [0.4, 0.5) is 8.78 Å². The second kappa shape index (κ2) is 4.82. The molecule has 1 aromatic rings. The van der Waals surface area contributed by atoms with E-state index in [4.69, 9.17) is 0 Å². The van der Waals surface area contributed by atoms with Crippen molar-refractivity contribution in [2.75, 3.05) is 13.6 Å². The Balaban J connectivity index is 3.07. The summed E-state index contributed by atoms with van der Waals surface area (Å²) in [6.07, 6.45) is -0.931. The van der Waals surface area contributed by atoms with E-state index in [1.165, 1.54) is 0 Å². The van der Waals surface area contributed by atoms with Crippen molar-refractivity contribution in [2.24, 2.45) is 0 Å². The maximum absolute atomic E-state index is 13.0. The summed E-state index contributed by atoms with van der Waals surface area (Å²) >= 11 is 2.96. The van der Waals surface area contributed by atoms with Crippen molar-refractivity contribution >= 4 is 15.9 Å². The molecule has 0 fully saturated rings. The first-order chi connectivity index (χ1) is 6.56. The molecule has 0 saturated heterocycles. The number of rotatable bonds is 3. The van der Waals surface area contributed by atoms with Crippen LogP contribution in [0.2, 0.25) is 0 Å². The van der Waals surface area contributed by atoms with Crippen molar-refractivity contribution in [3.8, 4) is 0 Å². The summed E-state index contributed by atoms with van der Waals surface area (Å²) in [6, 6.07) is 1.87. The fourth-order valence-corrected chi connectivity index (χ4v) is 1.61. The molecule has 0 amide bonds. The van der Waals surface area contributed by atoms with E-state index < -0.39 is 17.7 Å². The third-order valence-corrected chi connectivity index (χ3v) is 2.61. The predicted molar refractivity (Wildman–Crippen MR) is 52.9 cm³/mol. The van der Waals surface area contributed by atoms with Crippen molar-refractivity contribution in [2.45, 2.75) is 6.10 Å². The first-order valence-corrected chi connectivity index (χ1v) is 4.82. The van der Waals surface area contributed by atoms with Gasteiger partial charge in [-0.3, -0.25) is 0 Å². The monoisotopic (exact) mass is 265 g/mol. The van der Waals surface area contributed by atoms with Crippen LogP contribution in [0.3, 0.4) is 0 Å². The van der Waals surface area contributed by atoms with Gasteiger partial charge >= 0.3 is 0 Å². The zero-order valence-corrected chi connectivity index (χ0v) is 9.11. The summed E-state index contributed by atoms with van der Waals surface area (Å²) in [5.41, 5.74) is 0.205. The highest BCUT2D eigenvalue weighted by Crippen LogP contribution is 2.27. The van der Waals surface area contributed by atoms with Crippen LogP contribution in [0.5, 0.6) is 0 Å². The summed E-state index contributed by atoms with van der Waals surface area (Å²) in [5, 5.41) is 12.2. The van der Waals surface area contributed by atoms with Crippen LogP contribution >= 0.6 is 15.9 Å². The minimum Gasteiger partial charge on any atom is -0.387 e. The van der Waals surface area contributed by atoms with Crippen molar-refractivity contribution in [3.63, 3.8) is 0 Å². The lowest BCUT2D eigenvalue weighted by Crippen LogP contribution is -2.17. The molecule has 5 heteroatoms. The highest BCUT2D eigenvalue weighted by Gasteiger charge is 2.15. The normalized spacial score (nSPS) is 12.9. The molecule has 1 aromatic carbocycles. The summed E-state index contributed by atoms with van der Waals surface area (Å²) in [4.78, 5) is 0. The molecule has 0 aliphatic rings. The molecule has 0 saturated carbocycles. The fraction of sp³-hybridized carbons (Fsp3) is 0.333.